The molecule has 0 fully saturated rings. The molecule has 18 heteroatoms. The van der Waals surface area contributed by atoms with E-state index in [0.717, 1.165) is 33.5 Å². The number of ether oxygens (including phenoxy) is 2. The zero-order valence-corrected chi connectivity index (χ0v) is 28.1. The van der Waals surface area contributed by atoms with Crippen molar-refractivity contribution < 1.29 is 50.5 Å². The monoisotopic (exact) mass is 698 g/mol. The number of aryl methyl sites for hydroxylation is 1. The molecule has 0 aliphatic carbocycles. The first kappa shape index (κ1) is 37.6. The molecule has 1 aromatic heterocycles. The molecule has 262 valence electrons. The number of sulfonamides is 1. The van der Waals surface area contributed by atoms with Crippen LogP contribution in [0.2, 0.25) is 0 Å². The molecule has 48 heavy (non-hydrogen) atoms. The molecular weight excluding hydrogens is 661 g/mol. The quantitative estimate of drug-likeness (QED) is 0.0810. The number of hydrogen-bond donors (Lipinski definition) is 1. The summed E-state index contributed by atoms with van der Waals surface area (Å²) in [5.74, 6) is -0.982. The van der Waals surface area contributed by atoms with Gasteiger partial charge in [-0.3, -0.25) is 9.63 Å². The van der Waals surface area contributed by atoms with Crippen molar-refractivity contribution in [3.63, 3.8) is 0 Å². The topological polar surface area (TPSA) is 167 Å². The Morgan fingerprint density at radius 2 is 1.67 bits per heavy atom. The number of esters is 1. The first-order valence-electron chi connectivity index (χ1n) is 14.6. The van der Waals surface area contributed by atoms with Crippen molar-refractivity contribution in [3.05, 3.63) is 71.1 Å². The summed E-state index contributed by atoms with van der Waals surface area (Å²) < 4.78 is 79.0. The molecule has 1 N–H and O–H groups in total. The van der Waals surface area contributed by atoms with Gasteiger partial charge < -0.3 is 14.7 Å². The summed E-state index contributed by atoms with van der Waals surface area (Å²) in [5, 5.41) is 20.8. The van der Waals surface area contributed by atoms with Crippen LogP contribution in [-0.2, 0) is 35.3 Å². The summed E-state index contributed by atoms with van der Waals surface area (Å²) >= 11 is 0. The Kier molecular flexibility index (Phi) is 11.7. The molecule has 1 atom stereocenters. The van der Waals surface area contributed by atoms with E-state index < -0.39 is 58.3 Å². The SMILES string of the molecule is Cc1ccc(-c2cc(C(F)(F)F)nn2-c2ccc(S(=O)(=O)NC(=O)OCCN(/[N+]([O-])=N/OC(C)OC(=O)C(C)C)C(C)(C)C)cc2)cc1. The van der Waals surface area contributed by atoms with Crippen LogP contribution in [0.4, 0.5) is 18.0 Å². The Morgan fingerprint density at radius 1 is 1.06 bits per heavy atom. The van der Waals surface area contributed by atoms with E-state index in [9.17, 15) is 36.4 Å². The minimum Gasteiger partial charge on any atom is -0.569 e. The Hall–Kier alpha value is -4.87. The molecule has 0 aliphatic heterocycles. The van der Waals surface area contributed by atoms with Gasteiger partial charge in [0.2, 0.25) is 5.28 Å². The summed E-state index contributed by atoms with van der Waals surface area (Å²) in [6, 6.07) is 12.3. The molecule has 3 aromatic rings. The number of halogens is 3. The fourth-order valence-corrected chi connectivity index (χ4v) is 4.88. The van der Waals surface area contributed by atoms with Crippen molar-refractivity contribution in [2.75, 3.05) is 13.2 Å². The lowest BCUT2D eigenvalue weighted by molar-refractivity contribution is -0.727. The van der Waals surface area contributed by atoms with Crippen molar-refractivity contribution in [1.29, 1.82) is 0 Å². The van der Waals surface area contributed by atoms with Crippen molar-refractivity contribution in [1.82, 2.24) is 19.5 Å². The maximum atomic E-state index is 13.5. The Labute approximate surface area is 275 Å². The second-order valence-corrected chi connectivity index (χ2v) is 13.5. The van der Waals surface area contributed by atoms with Crippen molar-refractivity contribution in [2.45, 2.75) is 71.4 Å². The highest BCUT2D eigenvalue weighted by Gasteiger charge is 2.35. The highest BCUT2D eigenvalue weighted by molar-refractivity contribution is 7.90. The van der Waals surface area contributed by atoms with Gasteiger partial charge in [0, 0.05) is 12.5 Å². The molecule has 1 amide bonds. The number of hydrogen-bond acceptors (Lipinski definition) is 10. The van der Waals surface area contributed by atoms with E-state index in [1.165, 1.54) is 19.1 Å². The van der Waals surface area contributed by atoms with Gasteiger partial charge in [-0.25, -0.2) is 22.6 Å². The number of aromatic nitrogens is 2. The van der Waals surface area contributed by atoms with Crippen LogP contribution in [0.15, 0.2) is 64.8 Å². The van der Waals surface area contributed by atoms with Gasteiger partial charge in [-0.1, -0.05) is 43.7 Å². The Morgan fingerprint density at radius 3 is 2.21 bits per heavy atom. The van der Waals surface area contributed by atoms with Crippen LogP contribution in [0, 0.1) is 18.0 Å². The smallest absolute Gasteiger partial charge is 0.435 e. The van der Waals surface area contributed by atoms with Gasteiger partial charge in [0.05, 0.1) is 32.7 Å². The lowest BCUT2D eigenvalue weighted by Gasteiger charge is -2.30. The molecule has 0 saturated heterocycles. The van der Waals surface area contributed by atoms with Gasteiger partial charge in [0.15, 0.2) is 5.69 Å². The summed E-state index contributed by atoms with van der Waals surface area (Å²) in [4.78, 5) is 28.7. The van der Waals surface area contributed by atoms with Crippen LogP contribution in [0.1, 0.15) is 52.8 Å². The number of benzene rings is 2. The minimum absolute atomic E-state index is 0.0841. The zero-order valence-electron chi connectivity index (χ0n) is 27.3. The minimum atomic E-state index is -4.72. The predicted octanol–water partition coefficient (Wildman–Crippen LogP) is 5.74. The number of rotatable bonds is 12. The first-order valence-corrected chi connectivity index (χ1v) is 16.0. The molecule has 1 heterocycles. The van der Waals surface area contributed by atoms with E-state index in [-0.39, 0.29) is 27.8 Å². The van der Waals surface area contributed by atoms with Gasteiger partial charge in [-0.2, -0.15) is 18.3 Å². The maximum absolute atomic E-state index is 13.5. The summed E-state index contributed by atoms with van der Waals surface area (Å²) in [6.45, 7) is 10.7. The number of carbonyl (C=O) groups is 2. The summed E-state index contributed by atoms with van der Waals surface area (Å²) in [5.41, 5.74) is -0.379. The van der Waals surface area contributed by atoms with Crippen LogP contribution in [0.25, 0.3) is 16.9 Å². The molecule has 0 aliphatic rings. The van der Waals surface area contributed by atoms with Crippen molar-refractivity contribution in [3.8, 4) is 16.9 Å². The first-order chi connectivity index (χ1) is 22.2. The van der Waals surface area contributed by atoms with E-state index in [1.807, 2.05) is 6.92 Å². The largest absolute Gasteiger partial charge is 0.569 e. The number of nitrogens with zero attached hydrogens (tertiary/aromatic N) is 5. The Balaban J connectivity index is 1.68. The zero-order chi connectivity index (χ0) is 36.0. The lowest BCUT2D eigenvalue weighted by Crippen LogP contribution is -2.48. The highest BCUT2D eigenvalue weighted by atomic mass is 32.2. The average molecular weight is 699 g/mol. The number of amides is 1. The van der Waals surface area contributed by atoms with Crippen molar-refractivity contribution in [2.24, 2.45) is 11.2 Å². The van der Waals surface area contributed by atoms with Gasteiger partial charge in [-0.05, 0) is 58.0 Å². The van der Waals surface area contributed by atoms with Crippen LogP contribution in [0.3, 0.4) is 0 Å². The predicted molar refractivity (Wildman–Crippen MR) is 164 cm³/mol. The van der Waals surface area contributed by atoms with E-state index in [4.69, 9.17) is 14.3 Å². The van der Waals surface area contributed by atoms with E-state index >= 15 is 0 Å². The second kappa shape index (κ2) is 14.9. The van der Waals surface area contributed by atoms with Crippen LogP contribution in [-0.4, -0.2) is 65.2 Å². The van der Waals surface area contributed by atoms with Gasteiger partial charge >= 0.3 is 18.2 Å². The molecule has 3 rings (SSSR count). The van der Waals surface area contributed by atoms with Crippen LogP contribution < -0.4 is 4.72 Å². The standard InChI is InChI=1S/C30H37F3N6O8S/c1-19(2)27(40)46-21(4)47-36-39(42)37(29(5,6)7)16-17-45-28(41)35-48(43,44)24-14-12-23(13-15-24)38-25(18-26(34-38)30(31,32)33)22-10-8-20(3)9-11-22/h8-15,18-19,21H,16-17H2,1-7H3,(H,35,41)/b39-36-. The molecular formula is C30H37F3N6O8S. The lowest BCUT2D eigenvalue weighted by atomic mass is 10.1. The number of nitrogens with one attached hydrogen (secondary N) is 1. The molecule has 0 radical (unpaired) electrons. The number of carbonyl (C=O) groups excluding carboxylic acids is 2. The summed E-state index contributed by atoms with van der Waals surface area (Å²) in [7, 11) is -4.47. The number of hydrazine groups is 1. The number of alkyl halides is 3. The third kappa shape index (κ3) is 10.1. The van der Waals surface area contributed by atoms with Crippen molar-refractivity contribution >= 4 is 22.1 Å². The molecule has 0 saturated carbocycles. The fraction of sp³-hybridized carbons (Fsp3) is 0.433. The maximum Gasteiger partial charge on any atom is 0.435 e. The van der Waals surface area contributed by atoms with E-state index in [1.54, 1.807) is 63.6 Å². The summed E-state index contributed by atoms with van der Waals surface area (Å²) in [6.07, 6.45) is -7.23. The highest BCUT2D eigenvalue weighted by Crippen LogP contribution is 2.33. The van der Waals surface area contributed by atoms with Gasteiger partial charge in [-0.15, -0.1) is 5.01 Å². The molecule has 2 aromatic carbocycles. The second-order valence-electron chi connectivity index (χ2n) is 11.8. The molecule has 0 spiro atoms. The normalized spacial score (nSPS) is 13.2. The third-order valence-corrected chi connectivity index (χ3v) is 7.82. The van der Waals surface area contributed by atoms with E-state index in [0.29, 0.717) is 5.56 Å². The van der Waals surface area contributed by atoms with Gasteiger partial charge in [0.25, 0.3) is 16.3 Å². The molecule has 1 unspecified atom stereocenters. The van der Waals surface area contributed by atoms with Gasteiger partial charge in [0.1, 0.15) is 13.2 Å². The third-order valence-electron chi connectivity index (χ3n) is 6.49. The molecule has 0 bridgehead atoms. The average Bonchev–Trinajstić information content (AvgIpc) is 3.44. The van der Waals surface area contributed by atoms with Crippen LogP contribution in [0.5, 0.6) is 0 Å². The Bertz CT molecular complexity index is 1720. The van der Waals surface area contributed by atoms with E-state index in [2.05, 4.69) is 10.4 Å². The fourth-order valence-electron chi connectivity index (χ4n) is 3.99. The molecule has 14 nitrogen and oxygen atoms in total. The van der Waals surface area contributed by atoms with Crippen LogP contribution >= 0.6 is 0 Å².